The van der Waals surface area contributed by atoms with Gasteiger partial charge in [0.15, 0.2) is 0 Å². The first-order valence-corrected chi connectivity index (χ1v) is 6.46. The molecular formula is C13H23BO4. The zero-order chi connectivity index (χ0) is 14.0. The quantitative estimate of drug-likeness (QED) is 0.439. The third-order valence-electron chi connectivity index (χ3n) is 3.55. The first-order valence-electron chi connectivity index (χ1n) is 6.46. The molecule has 102 valence electrons. The van der Waals surface area contributed by atoms with Crippen LogP contribution in [0.1, 0.15) is 48.0 Å². The van der Waals surface area contributed by atoms with Crippen molar-refractivity contribution in [2.45, 2.75) is 59.2 Å². The fourth-order valence-electron chi connectivity index (χ4n) is 1.67. The number of esters is 1. The maximum Gasteiger partial charge on any atom is 0.490 e. The summed E-state index contributed by atoms with van der Waals surface area (Å²) in [5.41, 5.74) is 0.0355. The summed E-state index contributed by atoms with van der Waals surface area (Å²) >= 11 is 0. The maximum absolute atomic E-state index is 11.5. The summed E-state index contributed by atoms with van der Waals surface area (Å²) in [6.45, 7) is 12.1. The van der Waals surface area contributed by atoms with Gasteiger partial charge in [-0.2, -0.15) is 0 Å². The lowest BCUT2D eigenvalue weighted by Crippen LogP contribution is -2.41. The molecule has 0 radical (unpaired) electrons. The van der Waals surface area contributed by atoms with E-state index in [4.69, 9.17) is 14.0 Å². The maximum atomic E-state index is 11.5. The normalized spacial score (nSPS) is 22.1. The lowest BCUT2D eigenvalue weighted by atomic mass is 9.76. The Balaban J connectivity index is 2.84. The van der Waals surface area contributed by atoms with E-state index in [0.717, 1.165) is 5.47 Å². The highest BCUT2D eigenvalue weighted by Gasteiger charge is 2.52. The Labute approximate surface area is 110 Å². The van der Waals surface area contributed by atoms with E-state index in [-0.39, 0.29) is 17.2 Å². The monoisotopic (exact) mass is 254 g/mol. The van der Waals surface area contributed by atoms with Gasteiger partial charge in [-0.1, -0.05) is 6.92 Å². The molecule has 0 aromatic heterocycles. The van der Waals surface area contributed by atoms with Crippen molar-refractivity contribution in [3.63, 3.8) is 0 Å². The molecule has 1 rings (SSSR count). The zero-order valence-corrected chi connectivity index (χ0v) is 12.2. The van der Waals surface area contributed by atoms with Gasteiger partial charge in [0.05, 0.1) is 17.8 Å². The van der Waals surface area contributed by atoms with Crippen molar-refractivity contribution in [1.82, 2.24) is 0 Å². The number of hydrogen-bond donors (Lipinski definition) is 0. The van der Waals surface area contributed by atoms with Crippen molar-refractivity contribution in [3.05, 3.63) is 11.5 Å². The molecule has 0 saturated carbocycles. The molecule has 0 N–H and O–H groups in total. The molecule has 0 atom stereocenters. The Morgan fingerprint density at radius 2 is 1.67 bits per heavy atom. The fourth-order valence-corrected chi connectivity index (χ4v) is 1.67. The largest absolute Gasteiger partial charge is 0.490 e. The molecule has 0 aromatic carbocycles. The topological polar surface area (TPSA) is 44.8 Å². The molecule has 1 heterocycles. The van der Waals surface area contributed by atoms with Crippen molar-refractivity contribution in [2.24, 2.45) is 0 Å². The van der Waals surface area contributed by atoms with E-state index in [1.165, 1.54) is 6.08 Å². The van der Waals surface area contributed by atoms with Crippen LogP contribution in [0, 0.1) is 0 Å². The van der Waals surface area contributed by atoms with Gasteiger partial charge in [-0.25, -0.2) is 4.79 Å². The van der Waals surface area contributed by atoms with Gasteiger partial charge in [0, 0.05) is 6.08 Å². The van der Waals surface area contributed by atoms with Crippen molar-refractivity contribution < 1.29 is 18.8 Å². The van der Waals surface area contributed by atoms with Crippen LogP contribution < -0.4 is 0 Å². The summed E-state index contributed by atoms with van der Waals surface area (Å²) in [5, 5.41) is 0. The van der Waals surface area contributed by atoms with Crippen LogP contribution in [0.4, 0.5) is 0 Å². The van der Waals surface area contributed by atoms with Crippen LogP contribution in [0.3, 0.4) is 0 Å². The second-order valence-corrected chi connectivity index (χ2v) is 5.41. The number of ether oxygens (including phenoxy) is 1. The molecular weight excluding hydrogens is 231 g/mol. The highest BCUT2D eigenvalue weighted by Crippen LogP contribution is 2.38. The molecule has 1 saturated heterocycles. The third kappa shape index (κ3) is 3.15. The van der Waals surface area contributed by atoms with Gasteiger partial charge in [0.1, 0.15) is 0 Å². The third-order valence-corrected chi connectivity index (χ3v) is 3.55. The molecule has 0 spiro atoms. The predicted molar refractivity (Wildman–Crippen MR) is 71.1 cm³/mol. The van der Waals surface area contributed by atoms with Crippen LogP contribution in [-0.4, -0.2) is 30.9 Å². The lowest BCUT2D eigenvalue weighted by Gasteiger charge is -2.32. The van der Waals surface area contributed by atoms with Crippen LogP contribution >= 0.6 is 0 Å². The minimum atomic E-state index is -0.468. The molecule has 0 aliphatic carbocycles. The summed E-state index contributed by atoms with van der Waals surface area (Å²) in [7, 11) is -0.468. The zero-order valence-electron chi connectivity index (χ0n) is 12.2. The lowest BCUT2D eigenvalue weighted by molar-refractivity contribution is -0.137. The number of hydrogen-bond acceptors (Lipinski definition) is 4. The van der Waals surface area contributed by atoms with Gasteiger partial charge in [0.25, 0.3) is 0 Å². The van der Waals surface area contributed by atoms with Crippen molar-refractivity contribution in [2.75, 3.05) is 6.61 Å². The average molecular weight is 254 g/mol. The molecule has 0 aromatic rings. The molecule has 5 heteroatoms. The summed E-state index contributed by atoms with van der Waals surface area (Å²) in [6.07, 6.45) is 2.17. The Hall–Kier alpha value is -0.805. The molecule has 0 unspecified atom stereocenters. The molecule has 1 aliphatic heterocycles. The van der Waals surface area contributed by atoms with Crippen LogP contribution in [-0.2, 0) is 18.8 Å². The summed E-state index contributed by atoms with van der Waals surface area (Å²) in [5.74, 6) is -0.343. The van der Waals surface area contributed by atoms with E-state index in [0.29, 0.717) is 13.0 Å². The molecule has 4 nitrogen and oxygen atoms in total. The highest BCUT2D eigenvalue weighted by atomic mass is 16.7. The minimum Gasteiger partial charge on any atom is -0.463 e. The predicted octanol–water partition coefficient (Wildman–Crippen LogP) is 2.52. The first kappa shape index (κ1) is 15.3. The van der Waals surface area contributed by atoms with Crippen LogP contribution in [0.2, 0.25) is 0 Å². The van der Waals surface area contributed by atoms with Gasteiger partial charge in [0.2, 0.25) is 0 Å². The molecule has 18 heavy (non-hydrogen) atoms. The standard InChI is InChI=1S/C13H23BO4/c1-7-10(9-11(15)16-8-2)14-17-12(3,4)13(5,6)18-14/h9H,7-8H2,1-6H3/b10-9+. The number of rotatable bonds is 4. The Kier molecular flexibility index (Phi) is 4.62. The van der Waals surface area contributed by atoms with Gasteiger partial charge in [-0.05, 0) is 46.5 Å². The SMILES string of the molecule is CCOC(=O)/C=C(\CC)B1OC(C)(C)C(C)(C)O1. The summed E-state index contributed by atoms with van der Waals surface area (Å²) in [4.78, 5) is 11.5. The van der Waals surface area contributed by atoms with Crippen LogP contribution in [0.25, 0.3) is 0 Å². The number of carbonyl (C=O) groups excluding carboxylic acids is 1. The molecule has 0 bridgehead atoms. The Morgan fingerprint density at radius 1 is 1.17 bits per heavy atom. The fraction of sp³-hybridized carbons (Fsp3) is 0.769. The smallest absolute Gasteiger partial charge is 0.463 e. The van der Waals surface area contributed by atoms with Gasteiger partial charge >= 0.3 is 13.1 Å². The summed E-state index contributed by atoms with van der Waals surface area (Å²) < 4.78 is 16.7. The number of allylic oxidation sites excluding steroid dienone is 1. The van der Waals surface area contributed by atoms with Crippen molar-refractivity contribution in [3.8, 4) is 0 Å². The van der Waals surface area contributed by atoms with Gasteiger partial charge in [-0.3, -0.25) is 0 Å². The summed E-state index contributed by atoms with van der Waals surface area (Å²) in [6, 6.07) is 0. The van der Waals surface area contributed by atoms with Crippen molar-refractivity contribution in [1.29, 1.82) is 0 Å². The van der Waals surface area contributed by atoms with E-state index in [1.54, 1.807) is 6.92 Å². The molecule has 1 fully saturated rings. The molecule has 0 amide bonds. The Bertz CT molecular complexity index is 331. The highest BCUT2D eigenvalue weighted by molar-refractivity contribution is 6.55. The second-order valence-electron chi connectivity index (χ2n) is 5.41. The second kappa shape index (κ2) is 5.45. The van der Waals surface area contributed by atoms with Gasteiger partial charge < -0.3 is 14.0 Å². The van der Waals surface area contributed by atoms with E-state index < -0.39 is 7.12 Å². The molecule has 1 aliphatic rings. The first-order chi connectivity index (χ1) is 8.23. The van der Waals surface area contributed by atoms with Crippen LogP contribution in [0.15, 0.2) is 11.5 Å². The minimum absolute atomic E-state index is 0.343. The van der Waals surface area contributed by atoms with Crippen molar-refractivity contribution >= 4 is 13.1 Å². The van der Waals surface area contributed by atoms with Crippen LogP contribution in [0.5, 0.6) is 0 Å². The van der Waals surface area contributed by atoms with E-state index in [1.807, 2.05) is 34.6 Å². The Morgan fingerprint density at radius 3 is 2.06 bits per heavy atom. The number of carbonyl (C=O) groups is 1. The average Bonchev–Trinajstić information content (AvgIpc) is 2.45. The van der Waals surface area contributed by atoms with E-state index in [2.05, 4.69) is 0 Å². The van der Waals surface area contributed by atoms with Gasteiger partial charge in [-0.15, -0.1) is 0 Å². The van der Waals surface area contributed by atoms with E-state index in [9.17, 15) is 4.79 Å². The van der Waals surface area contributed by atoms with E-state index >= 15 is 0 Å².